The molecule has 0 spiro atoms. The Hall–Kier alpha value is -2.88. The Morgan fingerprint density at radius 2 is 1.79 bits per heavy atom. The van der Waals surface area contributed by atoms with Crippen LogP contribution in [0.4, 0.5) is 5.69 Å². The first-order valence-electron chi connectivity index (χ1n) is 7.87. The third kappa shape index (κ3) is 3.90. The second-order valence-corrected chi connectivity index (χ2v) is 5.93. The number of hydrogen-bond donors (Lipinski definition) is 0. The highest BCUT2D eigenvalue weighted by atomic mass is 16.5. The Kier molecular flexibility index (Phi) is 4.75. The highest BCUT2D eigenvalue weighted by Crippen LogP contribution is 2.15. The van der Waals surface area contributed by atoms with Crippen molar-refractivity contribution in [3.63, 3.8) is 0 Å². The van der Waals surface area contributed by atoms with Crippen molar-refractivity contribution in [3.8, 4) is 0 Å². The van der Waals surface area contributed by atoms with Gasteiger partial charge in [-0.15, -0.1) is 0 Å². The summed E-state index contributed by atoms with van der Waals surface area (Å²) in [5.41, 5.74) is 3.96. The van der Waals surface area contributed by atoms with E-state index in [4.69, 9.17) is 4.74 Å². The van der Waals surface area contributed by atoms with Gasteiger partial charge in [0.2, 0.25) is 0 Å². The minimum atomic E-state index is -0.223. The van der Waals surface area contributed by atoms with Gasteiger partial charge in [0.25, 0.3) is 0 Å². The number of esters is 1. The highest BCUT2D eigenvalue weighted by Gasteiger charge is 2.06. The fourth-order valence-electron chi connectivity index (χ4n) is 2.51. The summed E-state index contributed by atoms with van der Waals surface area (Å²) in [5.74, 6) is -0.223. The molecule has 0 saturated heterocycles. The number of fused-ring (bicyclic) bond motifs is 1. The molecule has 0 aliphatic rings. The standard InChI is InChI=1S/C20H20N2O2/c1-22(2)18-8-5-15(6-9-18)13-20(23)24-14-16-7-10-19-17(12-16)4-3-11-21-19/h3-12H,13-14H2,1-2H3. The number of pyridine rings is 1. The van der Waals surface area contributed by atoms with Crippen molar-refractivity contribution >= 4 is 22.6 Å². The maximum atomic E-state index is 12.0. The quantitative estimate of drug-likeness (QED) is 0.674. The molecule has 0 aliphatic carbocycles. The van der Waals surface area contributed by atoms with Gasteiger partial charge in [-0.3, -0.25) is 9.78 Å². The lowest BCUT2D eigenvalue weighted by atomic mass is 10.1. The zero-order chi connectivity index (χ0) is 16.9. The summed E-state index contributed by atoms with van der Waals surface area (Å²) in [6.07, 6.45) is 2.05. The summed E-state index contributed by atoms with van der Waals surface area (Å²) in [4.78, 5) is 18.3. The van der Waals surface area contributed by atoms with Gasteiger partial charge in [-0.05, 0) is 41.5 Å². The average Bonchev–Trinajstić information content (AvgIpc) is 2.60. The van der Waals surface area contributed by atoms with Crippen molar-refractivity contribution in [3.05, 3.63) is 71.9 Å². The predicted molar refractivity (Wildman–Crippen MR) is 96.0 cm³/mol. The molecule has 1 aromatic heterocycles. The van der Waals surface area contributed by atoms with E-state index < -0.39 is 0 Å². The Labute approximate surface area is 141 Å². The molecule has 0 unspecified atom stereocenters. The molecule has 122 valence electrons. The van der Waals surface area contributed by atoms with E-state index in [-0.39, 0.29) is 19.0 Å². The molecule has 3 aromatic rings. The maximum absolute atomic E-state index is 12.0. The van der Waals surface area contributed by atoms with Gasteiger partial charge < -0.3 is 9.64 Å². The minimum Gasteiger partial charge on any atom is -0.461 e. The normalized spacial score (nSPS) is 10.6. The van der Waals surface area contributed by atoms with E-state index in [1.165, 1.54) is 0 Å². The van der Waals surface area contributed by atoms with Crippen molar-refractivity contribution in [2.24, 2.45) is 0 Å². The maximum Gasteiger partial charge on any atom is 0.310 e. The van der Waals surface area contributed by atoms with Gasteiger partial charge in [-0.25, -0.2) is 0 Å². The molecular weight excluding hydrogens is 300 g/mol. The molecule has 0 fully saturated rings. The number of ether oxygens (including phenoxy) is 1. The zero-order valence-electron chi connectivity index (χ0n) is 13.9. The molecular formula is C20H20N2O2. The average molecular weight is 320 g/mol. The second-order valence-electron chi connectivity index (χ2n) is 5.93. The number of anilines is 1. The lowest BCUT2D eigenvalue weighted by molar-refractivity contribution is -0.144. The van der Waals surface area contributed by atoms with E-state index in [1.54, 1.807) is 6.20 Å². The molecule has 24 heavy (non-hydrogen) atoms. The topological polar surface area (TPSA) is 42.4 Å². The monoisotopic (exact) mass is 320 g/mol. The summed E-state index contributed by atoms with van der Waals surface area (Å²) >= 11 is 0. The number of nitrogens with zero attached hydrogens (tertiary/aromatic N) is 2. The zero-order valence-corrected chi connectivity index (χ0v) is 13.9. The van der Waals surface area contributed by atoms with E-state index in [0.717, 1.165) is 27.7 Å². The minimum absolute atomic E-state index is 0.223. The molecule has 0 amide bonds. The number of aromatic nitrogens is 1. The van der Waals surface area contributed by atoms with E-state index in [0.29, 0.717) is 0 Å². The molecule has 4 heteroatoms. The van der Waals surface area contributed by atoms with Gasteiger partial charge in [0, 0.05) is 31.4 Å². The summed E-state index contributed by atoms with van der Waals surface area (Å²) in [6, 6.07) is 17.7. The lowest BCUT2D eigenvalue weighted by Gasteiger charge is -2.12. The van der Waals surface area contributed by atoms with Gasteiger partial charge >= 0.3 is 5.97 Å². The largest absolute Gasteiger partial charge is 0.461 e. The van der Waals surface area contributed by atoms with Crippen LogP contribution in [0.2, 0.25) is 0 Å². The molecule has 4 nitrogen and oxygen atoms in total. The van der Waals surface area contributed by atoms with Crippen molar-refractivity contribution in [2.75, 3.05) is 19.0 Å². The van der Waals surface area contributed by atoms with E-state index in [9.17, 15) is 4.79 Å². The molecule has 3 rings (SSSR count). The first-order chi connectivity index (χ1) is 11.6. The molecule has 0 aliphatic heterocycles. The van der Waals surface area contributed by atoms with Crippen molar-refractivity contribution in [1.29, 1.82) is 0 Å². The van der Waals surface area contributed by atoms with Crippen LogP contribution in [0.25, 0.3) is 10.9 Å². The van der Waals surface area contributed by atoms with E-state index >= 15 is 0 Å². The molecule has 0 bridgehead atoms. The lowest BCUT2D eigenvalue weighted by Crippen LogP contribution is -2.10. The Morgan fingerprint density at radius 3 is 2.54 bits per heavy atom. The fraction of sp³-hybridized carbons (Fsp3) is 0.200. The van der Waals surface area contributed by atoms with Crippen LogP contribution in [0.3, 0.4) is 0 Å². The summed E-state index contributed by atoms with van der Waals surface area (Å²) in [6.45, 7) is 0.277. The molecule has 0 radical (unpaired) electrons. The third-order valence-corrected chi connectivity index (χ3v) is 3.87. The van der Waals surface area contributed by atoms with E-state index in [2.05, 4.69) is 4.98 Å². The van der Waals surface area contributed by atoms with Gasteiger partial charge in [-0.2, -0.15) is 0 Å². The van der Waals surface area contributed by atoms with Crippen molar-refractivity contribution in [2.45, 2.75) is 13.0 Å². The van der Waals surface area contributed by atoms with Crippen molar-refractivity contribution < 1.29 is 9.53 Å². The van der Waals surface area contributed by atoms with Crippen LogP contribution < -0.4 is 4.90 Å². The van der Waals surface area contributed by atoms with Crippen LogP contribution in [0.1, 0.15) is 11.1 Å². The number of carbonyl (C=O) groups is 1. The van der Waals surface area contributed by atoms with Crippen LogP contribution in [0, 0.1) is 0 Å². The summed E-state index contributed by atoms with van der Waals surface area (Å²) in [5, 5.41) is 1.05. The van der Waals surface area contributed by atoms with Gasteiger partial charge in [0.05, 0.1) is 11.9 Å². The number of benzene rings is 2. The fourth-order valence-corrected chi connectivity index (χ4v) is 2.51. The molecule has 0 saturated carbocycles. The van der Waals surface area contributed by atoms with Gasteiger partial charge in [0.1, 0.15) is 6.61 Å². The Balaban J connectivity index is 1.58. The Morgan fingerprint density at radius 1 is 1.04 bits per heavy atom. The SMILES string of the molecule is CN(C)c1ccc(CC(=O)OCc2ccc3ncccc3c2)cc1. The molecule has 1 heterocycles. The van der Waals surface area contributed by atoms with Crippen LogP contribution in [0.15, 0.2) is 60.8 Å². The molecule has 0 N–H and O–H groups in total. The van der Waals surface area contributed by atoms with Crippen LogP contribution >= 0.6 is 0 Å². The molecule has 2 aromatic carbocycles. The van der Waals surface area contributed by atoms with Crippen molar-refractivity contribution in [1.82, 2.24) is 4.98 Å². The second kappa shape index (κ2) is 7.13. The Bertz CT molecular complexity index is 842. The van der Waals surface area contributed by atoms with E-state index in [1.807, 2.05) is 73.6 Å². The number of hydrogen-bond acceptors (Lipinski definition) is 4. The van der Waals surface area contributed by atoms with Crippen LogP contribution in [0.5, 0.6) is 0 Å². The first-order valence-corrected chi connectivity index (χ1v) is 7.87. The smallest absolute Gasteiger partial charge is 0.310 e. The third-order valence-electron chi connectivity index (χ3n) is 3.87. The predicted octanol–water partition coefficient (Wildman–Crippen LogP) is 3.59. The number of carbonyl (C=O) groups excluding carboxylic acids is 1. The highest BCUT2D eigenvalue weighted by molar-refractivity contribution is 5.79. The summed E-state index contributed by atoms with van der Waals surface area (Å²) < 4.78 is 5.39. The first kappa shape index (κ1) is 16.0. The van der Waals surface area contributed by atoms with Crippen LogP contribution in [-0.2, 0) is 22.6 Å². The molecule has 0 atom stereocenters. The van der Waals surface area contributed by atoms with Gasteiger partial charge in [0.15, 0.2) is 0 Å². The number of rotatable bonds is 5. The summed E-state index contributed by atoms with van der Waals surface area (Å²) in [7, 11) is 3.98. The van der Waals surface area contributed by atoms with Gasteiger partial charge in [-0.1, -0.05) is 24.3 Å². The van der Waals surface area contributed by atoms with Crippen LogP contribution in [-0.4, -0.2) is 25.0 Å².